The number of carbonyl (C=O) groups excluding carboxylic acids is 1. The van der Waals surface area contributed by atoms with Gasteiger partial charge < -0.3 is 15.3 Å². The van der Waals surface area contributed by atoms with Crippen molar-refractivity contribution in [3.8, 4) is 0 Å². The van der Waals surface area contributed by atoms with E-state index in [1.54, 1.807) is 0 Å². The average Bonchev–Trinajstić information content (AvgIpc) is 2.90. The van der Waals surface area contributed by atoms with Crippen molar-refractivity contribution in [2.24, 2.45) is 11.8 Å². The first kappa shape index (κ1) is 15.4. The lowest BCUT2D eigenvalue weighted by atomic mass is 9.95. The predicted molar refractivity (Wildman–Crippen MR) is 82.6 cm³/mol. The molecule has 1 aliphatic rings. The van der Waals surface area contributed by atoms with Gasteiger partial charge in [0.2, 0.25) is 5.91 Å². The molecule has 0 aromatic heterocycles. The molecule has 2 atom stereocenters. The van der Waals surface area contributed by atoms with Crippen molar-refractivity contribution in [2.75, 3.05) is 24.3 Å². The van der Waals surface area contributed by atoms with E-state index in [1.807, 2.05) is 44.1 Å². The van der Waals surface area contributed by atoms with Crippen molar-refractivity contribution in [3.05, 3.63) is 23.8 Å². The van der Waals surface area contributed by atoms with Crippen LogP contribution in [0, 0.1) is 18.8 Å². The number of carboxylic acid groups (broad SMARTS) is 1. The van der Waals surface area contributed by atoms with Gasteiger partial charge in [-0.05, 0) is 37.5 Å². The predicted octanol–water partition coefficient (Wildman–Crippen LogP) is 2.50. The number of carbonyl (C=O) groups is 2. The summed E-state index contributed by atoms with van der Waals surface area (Å²) in [5, 5.41) is 12.0. The summed E-state index contributed by atoms with van der Waals surface area (Å²) in [7, 11) is 3.90. The fourth-order valence-corrected chi connectivity index (χ4v) is 2.97. The summed E-state index contributed by atoms with van der Waals surface area (Å²) in [5.74, 6) is -2.03. The molecule has 2 unspecified atom stereocenters. The average molecular weight is 290 g/mol. The number of hydrogen-bond donors (Lipinski definition) is 2. The van der Waals surface area contributed by atoms with Gasteiger partial charge in [-0.15, -0.1) is 0 Å². The van der Waals surface area contributed by atoms with Crippen LogP contribution in [0.5, 0.6) is 0 Å². The zero-order valence-corrected chi connectivity index (χ0v) is 12.7. The van der Waals surface area contributed by atoms with E-state index < -0.39 is 17.8 Å². The third kappa shape index (κ3) is 3.35. The Kier molecular flexibility index (Phi) is 4.50. The second-order valence-electron chi connectivity index (χ2n) is 5.87. The summed E-state index contributed by atoms with van der Waals surface area (Å²) in [5.41, 5.74) is 2.88. The molecule has 0 spiro atoms. The molecule has 0 heterocycles. The van der Waals surface area contributed by atoms with E-state index in [-0.39, 0.29) is 5.91 Å². The van der Waals surface area contributed by atoms with Gasteiger partial charge in [0.15, 0.2) is 0 Å². The first-order valence-electron chi connectivity index (χ1n) is 7.22. The van der Waals surface area contributed by atoms with E-state index in [1.165, 1.54) is 0 Å². The van der Waals surface area contributed by atoms with Crippen LogP contribution in [0.3, 0.4) is 0 Å². The number of nitrogens with zero attached hydrogens (tertiary/aromatic N) is 1. The second-order valence-corrected chi connectivity index (χ2v) is 5.87. The molecule has 0 bridgehead atoms. The van der Waals surface area contributed by atoms with Gasteiger partial charge in [0.1, 0.15) is 0 Å². The Morgan fingerprint density at radius 2 is 1.90 bits per heavy atom. The SMILES string of the molecule is Cc1ccc(NC(=O)C2CCCC2C(=O)O)cc1N(C)C. The largest absolute Gasteiger partial charge is 0.481 e. The Balaban J connectivity index is 2.13. The minimum atomic E-state index is -0.870. The number of carboxylic acids is 1. The van der Waals surface area contributed by atoms with Gasteiger partial charge in [0, 0.05) is 25.5 Å². The molecule has 0 aliphatic heterocycles. The lowest BCUT2D eigenvalue weighted by Crippen LogP contribution is -2.30. The lowest BCUT2D eigenvalue weighted by Gasteiger charge is -2.19. The molecule has 1 amide bonds. The molecule has 5 heteroatoms. The molecular formula is C16H22N2O3. The molecule has 2 rings (SSSR count). The highest BCUT2D eigenvalue weighted by Crippen LogP contribution is 2.33. The van der Waals surface area contributed by atoms with Gasteiger partial charge in [-0.2, -0.15) is 0 Å². The maximum Gasteiger partial charge on any atom is 0.307 e. The van der Waals surface area contributed by atoms with Crippen molar-refractivity contribution >= 4 is 23.3 Å². The zero-order chi connectivity index (χ0) is 15.6. The van der Waals surface area contributed by atoms with Gasteiger partial charge in [-0.3, -0.25) is 9.59 Å². The first-order valence-corrected chi connectivity index (χ1v) is 7.22. The van der Waals surface area contributed by atoms with Crippen LogP contribution in [0.1, 0.15) is 24.8 Å². The standard InChI is InChI=1S/C16H22N2O3/c1-10-7-8-11(9-14(10)18(2)3)17-15(19)12-5-4-6-13(12)16(20)21/h7-9,12-13H,4-6H2,1-3H3,(H,17,19)(H,20,21). The van der Waals surface area contributed by atoms with E-state index in [0.717, 1.165) is 17.7 Å². The number of amides is 1. The second kappa shape index (κ2) is 6.16. The van der Waals surface area contributed by atoms with Crippen LogP contribution < -0.4 is 10.2 Å². The van der Waals surface area contributed by atoms with Gasteiger partial charge in [0.25, 0.3) is 0 Å². The van der Waals surface area contributed by atoms with E-state index in [9.17, 15) is 9.59 Å². The topological polar surface area (TPSA) is 69.6 Å². The molecule has 1 aliphatic carbocycles. The van der Waals surface area contributed by atoms with Crippen molar-refractivity contribution in [1.29, 1.82) is 0 Å². The number of aryl methyl sites for hydroxylation is 1. The molecule has 1 aromatic carbocycles. The van der Waals surface area contributed by atoms with Crippen molar-refractivity contribution in [1.82, 2.24) is 0 Å². The van der Waals surface area contributed by atoms with Crippen molar-refractivity contribution < 1.29 is 14.7 Å². The van der Waals surface area contributed by atoms with Crippen LogP contribution in [-0.2, 0) is 9.59 Å². The fourth-order valence-electron chi connectivity index (χ4n) is 2.97. The van der Waals surface area contributed by atoms with Crippen LogP contribution in [0.15, 0.2) is 18.2 Å². The van der Waals surface area contributed by atoms with Crippen LogP contribution in [-0.4, -0.2) is 31.1 Å². The molecule has 2 N–H and O–H groups in total. The Morgan fingerprint density at radius 1 is 1.24 bits per heavy atom. The Morgan fingerprint density at radius 3 is 2.52 bits per heavy atom. The highest BCUT2D eigenvalue weighted by molar-refractivity contribution is 5.95. The van der Waals surface area contributed by atoms with Crippen LogP contribution in [0.4, 0.5) is 11.4 Å². The monoisotopic (exact) mass is 290 g/mol. The molecule has 0 radical (unpaired) electrons. The summed E-state index contributed by atoms with van der Waals surface area (Å²) in [6.07, 6.45) is 2.03. The Hall–Kier alpha value is -2.04. The quantitative estimate of drug-likeness (QED) is 0.894. The maximum atomic E-state index is 12.3. The van der Waals surface area contributed by atoms with E-state index in [2.05, 4.69) is 5.32 Å². The van der Waals surface area contributed by atoms with Gasteiger partial charge >= 0.3 is 5.97 Å². The molecule has 0 saturated heterocycles. The van der Waals surface area contributed by atoms with Gasteiger partial charge in [-0.25, -0.2) is 0 Å². The summed E-state index contributed by atoms with van der Waals surface area (Å²) >= 11 is 0. The highest BCUT2D eigenvalue weighted by Gasteiger charge is 2.37. The third-order valence-electron chi connectivity index (χ3n) is 4.13. The number of aliphatic carboxylic acids is 1. The van der Waals surface area contributed by atoms with E-state index in [4.69, 9.17) is 5.11 Å². The van der Waals surface area contributed by atoms with Crippen molar-refractivity contribution in [3.63, 3.8) is 0 Å². The minimum absolute atomic E-state index is 0.187. The number of benzene rings is 1. The van der Waals surface area contributed by atoms with Gasteiger partial charge in [-0.1, -0.05) is 12.5 Å². The van der Waals surface area contributed by atoms with Crippen LogP contribution >= 0.6 is 0 Å². The van der Waals surface area contributed by atoms with Crippen LogP contribution in [0.25, 0.3) is 0 Å². The Bertz CT molecular complexity index is 554. The smallest absolute Gasteiger partial charge is 0.307 e. The minimum Gasteiger partial charge on any atom is -0.481 e. The molecule has 114 valence electrons. The highest BCUT2D eigenvalue weighted by atomic mass is 16.4. The number of anilines is 2. The normalized spacial score (nSPS) is 21.1. The first-order chi connectivity index (χ1) is 9.90. The molecule has 21 heavy (non-hydrogen) atoms. The zero-order valence-electron chi connectivity index (χ0n) is 12.7. The molecule has 5 nitrogen and oxygen atoms in total. The summed E-state index contributed by atoms with van der Waals surface area (Å²) in [6.45, 7) is 2.01. The number of hydrogen-bond acceptors (Lipinski definition) is 3. The summed E-state index contributed by atoms with van der Waals surface area (Å²) in [4.78, 5) is 25.5. The Labute approximate surface area is 125 Å². The number of nitrogens with one attached hydrogen (secondary N) is 1. The van der Waals surface area contributed by atoms with Crippen LogP contribution in [0.2, 0.25) is 0 Å². The summed E-state index contributed by atoms with van der Waals surface area (Å²) < 4.78 is 0. The molecule has 1 aromatic rings. The third-order valence-corrected chi connectivity index (χ3v) is 4.13. The molecular weight excluding hydrogens is 268 g/mol. The van der Waals surface area contributed by atoms with Crippen molar-refractivity contribution in [2.45, 2.75) is 26.2 Å². The summed E-state index contributed by atoms with van der Waals surface area (Å²) in [6, 6.07) is 5.72. The van der Waals surface area contributed by atoms with E-state index >= 15 is 0 Å². The van der Waals surface area contributed by atoms with Gasteiger partial charge in [0.05, 0.1) is 11.8 Å². The lowest BCUT2D eigenvalue weighted by molar-refractivity contribution is -0.145. The molecule has 1 fully saturated rings. The molecule has 1 saturated carbocycles. The van der Waals surface area contributed by atoms with E-state index in [0.29, 0.717) is 18.5 Å². The number of rotatable bonds is 4. The maximum absolute atomic E-state index is 12.3. The fraction of sp³-hybridized carbons (Fsp3) is 0.500.